The minimum Gasteiger partial charge on any atom is -0.372 e. The third kappa shape index (κ3) is 0.578. The molecule has 2 heteroatoms. The molecule has 1 aliphatic rings. The van der Waals surface area contributed by atoms with Crippen LogP contribution in [0.3, 0.4) is 0 Å². The second kappa shape index (κ2) is 1.60. The van der Waals surface area contributed by atoms with Crippen molar-refractivity contribution in [3.63, 3.8) is 0 Å². The van der Waals surface area contributed by atoms with Crippen molar-refractivity contribution in [2.75, 3.05) is 6.67 Å². The summed E-state index contributed by atoms with van der Waals surface area (Å²) in [4.78, 5) is 3.80. The van der Waals surface area contributed by atoms with E-state index in [1.165, 1.54) is 0 Å². The van der Waals surface area contributed by atoms with Gasteiger partial charge in [0.2, 0.25) is 0 Å². The molecule has 0 spiro atoms. The van der Waals surface area contributed by atoms with Crippen LogP contribution in [0.4, 0.5) is 0 Å². The molecule has 2 nitrogen and oxygen atoms in total. The largest absolute Gasteiger partial charge is 0.372 e. The van der Waals surface area contributed by atoms with Gasteiger partial charge in [-0.25, -0.2) is 0 Å². The van der Waals surface area contributed by atoms with Crippen LogP contribution in [0, 0.1) is 6.08 Å². The first-order valence-corrected chi connectivity index (χ1v) is 1.79. The molecule has 1 heterocycles. The van der Waals surface area contributed by atoms with Crippen molar-refractivity contribution in [1.82, 2.24) is 5.32 Å². The molecule has 0 bridgehead atoms. The number of hydrogen-bond donors (Lipinski definition) is 1. The normalized spacial score (nSPS) is 17.3. The first-order valence-electron chi connectivity index (χ1n) is 1.79. The first kappa shape index (κ1) is 3.40. The summed E-state index contributed by atoms with van der Waals surface area (Å²) >= 11 is 0. The fourth-order valence-electron chi connectivity index (χ4n) is 0.293. The summed E-state index contributed by atoms with van der Waals surface area (Å²) in [5.74, 6) is 0. The van der Waals surface area contributed by atoms with Crippen LogP contribution in [0.2, 0.25) is 0 Å². The highest BCUT2D eigenvalue weighted by Gasteiger charge is 1.74. The van der Waals surface area contributed by atoms with Gasteiger partial charge in [0, 0.05) is 18.5 Å². The van der Waals surface area contributed by atoms with Gasteiger partial charge in [-0.15, -0.1) is 0 Å². The van der Waals surface area contributed by atoms with E-state index in [4.69, 9.17) is 0 Å². The van der Waals surface area contributed by atoms with Gasteiger partial charge in [0.1, 0.15) is 6.67 Å². The minimum atomic E-state index is 0.701. The van der Waals surface area contributed by atoms with Gasteiger partial charge in [-0.2, -0.15) is 0 Å². The van der Waals surface area contributed by atoms with Crippen molar-refractivity contribution in [3.8, 4) is 0 Å². The highest BCUT2D eigenvalue weighted by atomic mass is 15.0. The van der Waals surface area contributed by atoms with Crippen molar-refractivity contribution in [3.05, 3.63) is 12.3 Å². The maximum absolute atomic E-state index is 3.80. The standard InChI is InChI=1S/C4H5N2/c1-2-5-4-6-3-1/h2-3,5H,4H2. The van der Waals surface area contributed by atoms with Gasteiger partial charge in [-0.3, -0.25) is 4.99 Å². The SMILES string of the molecule is [C]1=CNCN=C1. The highest BCUT2D eigenvalue weighted by molar-refractivity contribution is 5.66. The molecule has 1 aliphatic heterocycles. The van der Waals surface area contributed by atoms with Gasteiger partial charge in [-0.05, 0) is 0 Å². The van der Waals surface area contributed by atoms with Crippen LogP contribution in [-0.4, -0.2) is 12.9 Å². The Balaban J connectivity index is 2.46. The fourth-order valence-corrected chi connectivity index (χ4v) is 0.293. The number of hydrogen-bond acceptors (Lipinski definition) is 2. The van der Waals surface area contributed by atoms with Crippen LogP contribution in [-0.2, 0) is 0 Å². The molecule has 0 atom stereocenters. The number of nitrogens with one attached hydrogen (secondary N) is 1. The molecule has 1 radical (unpaired) electrons. The third-order valence-corrected chi connectivity index (χ3v) is 0.534. The number of aliphatic imine (C=N–C) groups is 1. The first-order chi connectivity index (χ1) is 3.00. The molecule has 1 N–H and O–H groups in total. The zero-order valence-corrected chi connectivity index (χ0v) is 3.31. The lowest BCUT2D eigenvalue weighted by Gasteiger charge is -1.93. The lowest BCUT2D eigenvalue weighted by molar-refractivity contribution is 0.876. The molecule has 0 saturated heterocycles. The summed E-state index contributed by atoms with van der Waals surface area (Å²) < 4.78 is 0. The van der Waals surface area contributed by atoms with E-state index in [-0.39, 0.29) is 0 Å². The lowest BCUT2D eigenvalue weighted by Crippen LogP contribution is -2.07. The van der Waals surface area contributed by atoms with Gasteiger partial charge in [0.25, 0.3) is 0 Å². The summed E-state index contributed by atoms with van der Waals surface area (Å²) in [5, 5.41) is 2.85. The molecule has 0 aliphatic carbocycles. The van der Waals surface area contributed by atoms with Crippen LogP contribution in [0.1, 0.15) is 0 Å². The molecule has 0 aromatic carbocycles. The van der Waals surface area contributed by atoms with E-state index in [9.17, 15) is 0 Å². The minimum absolute atomic E-state index is 0.701. The monoisotopic (exact) mass is 81.0 g/mol. The maximum Gasteiger partial charge on any atom is 0.107 e. The van der Waals surface area contributed by atoms with E-state index in [0.29, 0.717) is 6.67 Å². The molecule has 31 valence electrons. The molecular weight excluding hydrogens is 76.1 g/mol. The Bertz CT molecular complexity index is 71.5. The molecule has 0 aromatic rings. The number of nitrogens with zero attached hydrogens (tertiary/aromatic N) is 1. The number of rotatable bonds is 0. The van der Waals surface area contributed by atoms with E-state index < -0.39 is 0 Å². The van der Waals surface area contributed by atoms with E-state index in [2.05, 4.69) is 16.4 Å². The lowest BCUT2D eigenvalue weighted by atomic mass is 10.6. The van der Waals surface area contributed by atoms with E-state index in [0.717, 1.165) is 0 Å². The molecule has 0 unspecified atom stereocenters. The van der Waals surface area contributed by atoms with E-state index in [1.54, 1.807) is 12.4 Å². The predicted molar refractivity (Wildman–Crippen MR) is 24.3 cm³/mol. The molecule has 0 amide bonds. The van der Waals surface area contributed by atoms with Gasteiger partial charge >= 0.3 is 0 Å². The van der Waals surface area contributed by atoms with Crippen molar-refractivity contribution < 1.29 is 0 Å². The van der Waals surface area contributed by atoms with Gasteiger partial charge < -0.3 is 5.32 Å². The summed E-state index contributed by atoms with van der Waals surface area (Å²) in [7, 11) is 0. The van der Waals surface area contributed by atoms with Gasteiger partial charge in [0.15, 0.2) is 0 Å². The number of allylic oxidation sites excluding steroid dienone is 1. The second-order valence-corrected chi connectivity index (χ2v) is 0.985. The van der Waals surface area contributed by atoms with Crippen molar-refractivity contribution >= 4 is 6.21 Å². The average molecular weight is 81.1 g/mol. The average Bonchev–Trinajstić information content (AvgIpc) is 1.72. The Labute approximate surface area is 36.6 Å². The smallest absolute Gasteiger partial charge is 0.107 e. The van der Waals surface area contributed by atoms with Crippen molar-refractivity contribution in [2.24, 2.45) is 4.99 Å². The molecule has 1 rings (SSSR count). The Morgan fingerprint density at radius 3 is 3.00 bits per heavy atom. The van der Waals surface area contributed by atoms with Crippen LogP contribution in [0.15, 0.2) is 11.2 Å². The molecule has 0 fully saturated rings. The quantitative estimate of drug-likeness (QED) is 0.434. The van der Waals surface area contributed by atoms with Crippen molar-refractivity contribution in [1.29, 1.82) is 0 Å². The Hall–Kier alpha value is -0.790. The third-order valence-electron chi connectivity index (χ3n) is 0.534. The Morgan fingerprint density at radius 2 is 2.83 bits per heavy atom. The van der Waals surface area contributed by atoms with Crippen LogP contribution < -0.4 is 5.32 Å². The van der Waals surface area contributed by atoms with E-state index >= 15 is 0 Å². The van der Waals surface area contributed by atoms with E-state index in [1.807, 2.05) is 0 Å². The van der Waals surface area contributed by atoms with Crippen LogP contribution in [0.25, 0.3) is 0 Å². The second-order valence-electron chi connectivity index (χ2n) is 0.985. The summed E-state index contributed by atoms with van der Waals surface area (Å²) in [5.41, 5.74) is 0. The predicted octanol–water partition coefficient (Wildman–Crippen LogP) is -0.0652. The topological polar surface area (TPSA) is 24.4 Å². The van der Waals surface area contributed by atoms with Crippen molar-refractivity contribution in [2.45, 2.75) is 0 Å². The summed E-state index contributed by atoms with van der Waals surface area (Å²) in [6.07, 6.45) is 6.15. The summed E-state index contributed by atoms with van der Waals surface area (Å²) in [6, 6.07) is 0. The van der Waals surface area contributed by atoms with Gasteiger partial charge in [0.05, 0.1) is 0 Å². The Morgan fingerprint density at radius 1 is 1.83 bits per heavy atom. The Kier molecular flexibility index (Phi) is 0.906. The zero-order valence-electron chi connectivity index (χ0n) is 3.31. The zero-order chi connectivity index (χ0) is 4.24. The molecule has 0 aromatic heterocycles. The molecule has 6 heavy (non-hydrogen) atoms. The highest BCUT2D eigenvalue weighted by Crippen LogP contribution is 1.70. The molecule has 0 saturated carbocycles. The van der Waals surface area contributed by atoms with Crippen LogP contribution >= 0.6 is 0 Å². The maximum atomic E-state index is 3.80. The summed E-state index contributed by atoms with van der Waals surface area (Å²) in [6.45, 7) is 0.701. The fraction of sp³-hybridized carbons (Fsp3) is 0.250. The molecular formula is C4H5N2. The van der Waals surface area contributed by atoms with Gasteiger partial charge in [-0.1, -0.05) is 0 Å². The van der Waals surface area contributed by atoms with Crippen LogP contribution in [0.5, 0.6) is 0 Å².